The molecule has 12 nitrogen and oxygen atoms in total. The summed E-state index contributed by atoms with van der Waals surface area (Å²) in [6.45, 7) is 0.691. The molecular formula is C44H74NO11P. The third-order valence-corrected chi connectivity index (χ3v) is 9.43. The van der Waals surface area contributed by atoms with Crippen molar-refractivity contribution in [3.8, 4) is 0 Å². The number of carbonyl (C=O) groups excluding carboxylic acids is 2. The van der Waals surface area contributed by atoms with Crippen molar-refractivity contribution in [3.05, 3.63) is 72.9 Å². The number of esters is 2. The van der Waals surface area contributed by atoms with E-state index >= 15 is 0 Å². The van der Waals surface area contributed by atoms with E-state index in [1.165, 1.54) is 19.3 Å². The molecule has 0 aromatic heterocycles. The molecule has 0 heterocycles. The zero-order chi connectivity index (χ0) is 42.1. The van der Waals surface area contributed by atoms with Gasteiger partial charge in [0, 0.05) is 19.4 Å². The molecule has 0 radical (unpaired) electrons. The molecule has 0 saturated carbocycles. The van der Waals surface area contributed by atoms with E-state index in [0.717, 1.165) is 89.9 Å². The Balaban J connectivity index is 4.51. The van der Waals surface area contributed by atoms with Gasteiger partial charge in [0.1, 0.15) is 12.6 Å². The molecule has 0 saturated heterocycles. The van der Waals surface area contributed by atoms with Crippen molar-refractivity contribution < 1.29 is 52.6 Å². The quantitative estimate of drug-likeness (QED) is 0.0199. The molecule has 0 amide bonds. The Hall–Kier alpha value is -3.12. The van der Waals surface area contributed by atoms with Crippen LogP contribution in [0.4, 0.5) is 0 Å². The minimum Gasteiger partial charge on any atom is -0.480 e. The lowest BCUT2D eigenvalue weighted by Gasteiger charge is -2.20. The van der Waals surface area contributed by atoms with E-state index in [9.17, 15) is 23.8 Å². The van der Waals surface area contributed by atoms with Gasteiger partial charge in [0.2, 0.25) is 0 Å². The predicted octanol–water partition coefficient (Wildman–Crippen LogP) is 9.92. The molecule has 326 valence electrons. The molecule has 0 aromatic carbocycles. The first-order chi connectivity index (χ1) is 27.6. The van der Waals surface area contributed by atoms with Crippen molar-refractivity contribution in [1.29, 1.82) is 0 Å². The van der Waals surface area contributed by atoms with Gasteiger partial charge in [-0.3, -0.25) is 23.4 Å². The minimum atomic E-state index is -4.74. The smallest absolute Gasteiger partial charge is 0.472 e. The minimum absolute atomic E-state index is 0.124. The number of unbranched alkanes of at least 4 members (excludes halogenated alkanes) is 12. The van der Waals surface area contributed by atoms with Gasteiger partial charge in [-0.05, 0) is 89.9 Å². The van der Waals surface area contributed by atoms with Crippen LogP contribution in [-0.4, -0.2) is 71.6 Å². The van der Waals surface area contributed by atoms with Crippen LogP contribution in [-0.2, 0) is 37.5 Å². The summed E-state index contributed by atoms with van der Waals surface area (Å²) in [7, 11) is -4.74. The van der Waals surface area contributed by atoms with Crippen LogP contribution in [0, 0.1) is 0 Å². The van der Waals surface area contributed by atoms with Crippen molar-refractivity contribution in [2.45, 2.75) is 160 Å². The van der Waals surface area contributed by atoms with Gasteiger partial charge in [-0.15, -0.1) is 0 Å². The average Bonchev–Trinajstić information content (AvgIpc) is 3.19. The van der Waals surface area contributed by atoms with Gasteiger partial charge in [-0.2, -0.15) is 0 Å². The molecule has 3 atom stereocenters. The second-order valence-corrected chi connectivity index (χ2v) is 15.3. The van der Waals surface area contributed by atoms with Gasteiger partial charge in [0.15, 0.2) is 6.10 Å². The molecule has 0 aliphatic carbocycles. The average molecular weight is 824 g/mol. The summed E-state index contributed by atoms with van der Waals surface area (Å²) >= 11 is 0. The maximum Gasteiger partial charge on any atom is 0.472 e. The molecule has 5 N–H and O–H groups in total. The number of rotatable bonds is 39. The van der Waals surface area contributed by atoms with Crippen LogP contribution < -0.4 is 5.73 Å². The summed E-state index contributed by atoms with van der Waals surface area (Å²) in [5.41, 5.74) is 5.32. The number of phosphoric ester groups is 1. The second kappa shape index (κ2) is 39.7. The lowest BCUT2D eigenvalue weighted by atomic mass is 10.1. The van der Waals surface area contributed by atoms with Crippen LogP contribution in [0.25, 0.3) is 0 Å². The summed E-state index contributed by atoms with van der Waals surface area (Å²) in [5.74, 6) is -2.50. The van der Waals surface area contributed by atoms with Gasteiger partial charge in [0.05, 0.1) is 13.2 Å². The topological polar surface area (TPSA) is 192 Å². The van der Waals surface area contributed by atoms with E-state index in [4.69, 9.17) is 29.9 Å². The highest BCUT2D eigenvalue weighted by atomic mass is 31.2. The zero-order valence-corrected chi connectivity index (χ0v) is 35.5. The standard InChI is InChI=1S/C44H74NO11P/c1-2-3-4-5-6-7-8-9-13-17-20-23-26-29-32-35-43(48)56-40(38-54-57(51,52)55-39-41(45)44(49)50)37-53-42(47)34-31-28-25-22-19-16-14-11-10-12-15-18-21-24-27-30-33-36-46/h6-7,9-10,12-14,16,18,21-22,25,40-41,46H,2-5,8,11,15,17,19-20,23-24,26-39,45H2,1H3,(H,49,50)(H,51,52)/b7-6-,12-10-,13-9-,16-14-,21-18-,25-22-/t40-,41+/m1/s1. The fourth-order valence-corrected chi connectivity index (χ4v) is 5.90. The Morgan fingerprint density at radius 2 is 1.02 bits per heavy atom. The molecule has 0 aliphatic rings. The lowest BCUT2D eigenvalue weighted by molar-refractivity contribution is -0.161. The van der Waals surface area contributed by atoms with Crippen LogP contribution in [0.1, 0.15) is 148 Å². The number of hydrogen-bond acceptors (Lipinski definition) is 10. The number of allylic oxidation sites excluding steroid dienone is 12. The fourth-order valence-electron chi connectivity index (χ4n) is 5.12. The van der Waals surface area contributed by atoms with Crippen LogP contribution >= 0.6 is 7.82 Å². The van der Waals surface area contributed by atoms with Gasteiger partial charge in [-0.1, -0.05) is 118 Å². The third kappa shape index (κ3) is 39.5. The largest absolute Gasteiger partial charge is 0.480 e. The van der Waals surface area contributed by atoms with Gasteiger partial charge in [0.25, 0.3) is 0 Å². The first-order valence-electron chi connectivity index (χ1n) is 21.1. The van der Waals surface area contributed by atoms with Gasteiger partial charge >= 0.3 is 25.7 Å². The summed E-state index contributed by atoms with van der Waals surface area (Å²) < 4.78 is 32.6. The molecule has 0 aromatic rings. The molecule has 0 rings (SSSR count). The lowest BCUT2D eigenvalue weighted by Crippen LogP contribution is -2.34. The van der Waals surface area contributed by atoms with E-state index < -0.39 is 57.7 Å². The highest BCUT2D eigenvalue weighted by molar-refractivity contribution is 7.47. The van der Waals surface area contributed by atoms with Crippen molar-refractivity contribution >= 4 is 25.7 Å². The molecule has 0 bridgehead atoms. The summed E-state index contributed by atoms with van der Waals surface area (Å²) in [4.78, 5) is 45.9. The Kier molecular flexibility index (Phi) is 37.5. The fraction of sp³-hybridized carbons (Fsp3) is 0.659. The highest BCUT2D eigenvalue weighted by Gasteiger charge is 2.28. The zero-order valence-electron chi connectivity index (χ0n) is 34.6. The predicted molar refractivity (Wildman–Crippen MR) is 227 cm³/mol. The first-order valence-corrected chi connectivity index (χ1v) is 22.6. The van der Waals surface area contributed by atoms with Crippen LogP contribution in [0.5, 0.6) is 0 Å². The summed E-state index contributed by atoms with van der Waals surface area (Å²) in [6.07, 6.45) is 44.1. The number of ether oxygens (including phenoxy) is 2. The maximum absolute atomic E-state index is 12.6. The Labute approximate surface area is 343 Å². The molecular weight excluding hydrogens is 749 g/mol. The van der Waals surface area contributed by atoms with E-state index in [2.05, 4.69) is 72.2 Å². The number of carboxylic acid groups (broad SMARTS) is 1. The van der Waals surface area contributed by atoms with E-state index in [1.54, 1.807) is 0 Å². The monoisotopic (exact) mass is 823 g/mol. The Morgan fingerprint density at radius 1 is 0.579 bits per heavy atom. The maximum atomic E-state index is 12.6. The molecule has 0 aliphatic heterocycles. The molecule has 57 heavy (non-hydrogen) atoms. The SMILES string of the molecule is CCCCC/C=C\C/C=C\CCCCCCCC(=O)O[C@H](COC(=O)CCC/C=C\C/C=C\C/C=C\C/C=C\CCCCCO)COP(=O)(O)OC[C@H](N)C(=O)O. The van der Waals surface area contributed by atoms with Gasteiger partial charge < -0.3 is 30.3 Å². The summed E-state index contributed by atoms with van der Waals surface area (Å²) in [6, 6.07) is -1.54. The van der Waals surface area contributed by atoms with Crippen LogP contribution in [0.2, 0.25) is 0 Å². The normalized spacial score (nSPS) is 14.5. The molecule has 13 heteroatoms. The number of hydrogen-bond donors (Lipinski definition) is 4. The number of nitrogens with two attached hydrogens (primary N) is 1. The highest BCUT2D eigenvalue weighted by Crippen LogP contribution is 2.43. The van der Waals surface area contributed by atoms with Gasteiger partial charge in [-0.25, -0.2) is 4.57 Å². The van der Waals surface area contributed by atoms with E-state index in [-0.39, 0.29) is 19.4 Å². The number of carbonyl (C=O) groups is 3. The number of aliphatic hydroxyl groups excluding tert-OH is 1. The van der Waals surface area contributed by atoms with Crippen molar-refractivity contribution in [2.75, 3.05) is 26.4 Å². The Morgan fingerprint density at radius 3 is 1.54 bits per heavy atom. The van der Waals surface area contributed by atoms with E-state index in [0.29, 0.717) is 19.3 Å². The molecule has 0 spiro atoms. The molecule has 1 unspecified atom stereocenters. The molecule has 0 fully saturated rings. The number of aliphatic hydroxyl groups is 1. The second-order valence-electron chi connectivity index (χ2n) is 13.8. The van der Waals surface area contributed by atoms with Crippen molar-refractivity contribution in [2.24, 2.45) is 5.73 Å². The van der Waals surface area contributed by atoms with Crippen LogP contribution in [0.15, 0.2) is 72.9 Å². The number of aliphatic carboxylic acids is 1. The van der Waals surface area contributed by atoms with E-state index in [1.807, 2.05) is 12.2 Å². The summed E-state index contributed by atoms with van der Waals surface area (Å²) in [5, 5.41) is 17.7. The number of carboxylic acids is 1. The Bertz CT molecular complexity index is 1240. The van der Waals surface area contributed by atoms with Crippen molar-refractivity contribution in [1.82, 2.24) is 0 Å². The first kappa shape index (κ1) is 53.9. The van der Waals surface area contributed by atoms with Crippen molar-refractivity contribution in [3.63, 3.8) is 0 Å². The van der Waals surface area contributed by atoms with Crippen LogP contribution in [0.3, 0.4) is 0 Å². The third-order valence-electron chi connectivity index (χ3n) is 8.48. The number of phosphoric acid groups is 1.